The highest BCUT2D eigenvalue weighted by Crippen LogP contribution is 2.19. The van der Waals surface area contributed by atoms with Crippen LogP contribution in [0, 0.1) is 0 Å². The first kappa shape index (κ1) is 20.4. The summed E-state index contributed by atoms with van der Waals surface area (Å²) >= 11 is 5.70. The second-order valence-electron chi connectivity index (χ2n) is 7.00. The van der Waals surface area contributed by atoms with Crippen LogP contribution in [0.3, 0.4) is 0 Å². The molecule has 0 amide bonds. The Morgan fingerprint density at radius 1 is 1.12 bits per heavy atom. The summed E-state index contributed by atoms with van der Waals surface area (Å²) in [6, 6.07) is 11.0. The molecule has 7 heteroatoms. The fourth-order valence-corrected chi connectivity index (χ4v) is 2.27. The van der Waals surface area contributed by atoms with E-state index in [0.29, 0.717) is 30.6 Å². The number of aliphatic hydroxyl groups excluding tert-OH is 1. The number of hydrogen-bond donors (Lipinski definition) is 2. The van der Waals surface area contributed by atoms with Crippen LogP contribution in [-0.4, -0.2) is 46.7 Å². The standard InChI is InChI=1S/C19H26ClN3O3/c1-19(2,3)21-12-15(24)13-26-16-7-5-4-6-14(16)10-11-25-18-9-8-17(20)22-23-18/h4-9,15,21,24H,10-13H2,1-3H3. The molecule has 0 saturated carbocycles. The van der Waals surface area contributed by atoms with Crippen molar-refractivity contribution in [1.29, 1.82) is 0 Å². The number of ether oxygens (including phenoxy) is 2. The van der Waals surface area contributed by atoms with E-state index in [-0.39, 0.29) is 12.1 Å². The van der Waals surface area contributed by atoms with Gasteiger partial charge in [0.15, 0.2) is 5.15 Å². The number of aliphatic hydroxyl groups is 1. The smallest absolute Gasteiger partial charge is 0.233 e. The van der Waals surface area contributed by atoms with Crippen molar-refractivity contribution in [2.75, 3.05) is 19.8 Å². The average Bonchev–Trinajstić information content (AvgIpc) is 2.60. The molecule has 0 bridgehead atoms. The number of nitrogens with one attached hydrogen (secondary N) is 1. The minimum atomic E-state index is -0.581. The lowest BCUT2D eigenvalue weighted by atomic mass is 10.1. The number of benzene rings is 1. The highest BCUT2D eigenvalue weighted by molar-refractivity contribution is 6.29. The van der Waals surface area contributed by atoms with Crippen molar-refractivity contribution in [1.82, 2.24) is 15.5 Å². The Hall–Kier alpha value is -1.89. The maximum Gasteiger partial charge on any atom is 0.233 e. The lowest BCUT2D eigenvalue weighted by Crippen LogP contribution is -2.42. The fourth-order valence-electron chi connectivity index (χ4n) is 2.17. The van der Waals surface area contributed by atoms with Crippen LogP contribution in [0.15, 0.2) is 36.4 Å². The molecule has 2 rings (SSSR count). The van der Waals surface area contributed by atoms with Gasteiger partial charge >= 0.3 is 0 Å². The van der Waals surface area contributed by atoms with Gasteiger partial charge in [0.2, 0.25) is 5.88 Å². The van der Waals surface area contributed by atoms with E-state index in [0.717, 1.165) is 11.3 Å². The van der Waals surface area contributed by atoms with Crippen LogP contribution in [0.1, 0.15) is 26.3 Å². The van der Waals surface area contributed by atoms with E-state index in [9.17, 15) is 5.11 Å². The number of nitrogens with zero attached hydrogens (tertiary/aromatic N) is 2. The zero-order valence-electron chi connectivity index (χ0n) is 15.4. The van der Waals surface area contributed by atoms with Gasteiger partial charge in [0.05, 0.1) is 6.61 Å². The molecule has 0 aliphatic rings. The molecular weight excluding hydrogens is 354 g/mol. The number of aromatic nitrogens is 2. The van der Waals surface area contributed by atoms with Crippen LogP contribution < -0.4 is 14.8 Å². The van der Waals surface area contributed by atoms with E-state index >= 15 is 0 Å². The van der Waals surface area contributed by atoms with Crippen LogP contribution in [0.5, 0.6) is 11.6 Å². The van der Waals surface area contributed by atoms with Crippen molar-refractivity contribution >= 4 is 11.6 Å². The van der Waals surface area contributed by atoms with Crippen molar-refractivity contribution in [3.8, 4) is 11.6 Å². The lowest BCUT2D eigenvalue weighted by Gasteiger charge is -2.23. The fraction of sp³-hybridized carbons (Fsp3) is 0.474. The molecule has 0 spiro atoms. The maximum absolute atomic E-state index is 10.1. The Morgan fingerprint density at radius 3 is 2.58 bits per heavy atom. The zero-order valence-corrected chi connectivity index (χ0v) is 16.2. The summed E-state index contributed by atoms with van der Waals surface area (Å²) < 4.78 is 11.4. The summed E-state index contributed by atoms with van der Waals surface area (Å²) in [5.41, 5.74) is 0.964. The predicted octanol–water partition coefficient (Wildman–Crippen LogP) is 2.88. The molecule has 142 valence electrons. The molecule has 1 heterocycles. The summed E-state index contributed by atoms with van der Waals surface area (Å²) in [4.78, 5) is 0. The molecule has 26 heavy (non-hydrogen) atoms. The summed E-state index contributed by atoms with van der Waals surface area (Å²) in [7, 11) is 0. The summed E-state index contributed by atoms with van der Waals surface area (Å²) in [5, 5.41) is 21.3. The number of halogens is 1. The van der Waals surface area contributed by atoms with E-state index in [1.807, 2.05) is 24.3 Å². The second kappa shape index (κ2) is 9.71. The van der Waals surface area contributed by atoms with Gasteiger partial charge in [0.25, 0.3) is 0 Å². The quantitative estimate of drug-likeness (QED) is 0.697. The van der Waals surface area contributed by atoms with Gasteiger partial charge in [-0.2, -0.15) is 0 Å². The lowest BCUT2D eigenvalue weighted by molar-refractivity contribution is 0.0994. The molecule has 1 unspecified atom stereocenters. The zero-order chi connectivity index (χ0) is 19.0. The van der Waals surface area contributed by atoms with E-state index in [2.05, 4.69) is 36.3 Å². The number of β-amino-alcohol motifs (C(OH)–C–C–N with tert-alkyl or cyclic N) is 1. The van der Waals surface area contributed by atoms with Gasteiger partial charge in [-0.05, 0) is 38.5 Å². The van der Waals surface area contributed by atoms with E-state index in [1.165, 1.54) is 0 Å². The van der Waals surface area contributed by atoms with Gasteiger partial charge in [-0.3, -0.25) is 0 Å². The first-order valence-electron chi connectivity index (χ1n) is 8.59. The highest BCUT2D eigenvalue weighted by Gasteiger charge is 2.13. The molecule has 0 aliphatic heterocycles. The van der Waals surface area contributed by atoms with Gasteiger partial charge in [-0.1, -0.05) is 29.8 Å². The largest absolute Gasteiger partial charge is 0.491 e. The Morgan fingerprint density at radius 2 is 1.88 bits per heavy atom. The minimum Gasteiger partial charge on any atom is -0.491 e. The molecule has 1 aromatic heterocycles. The third kappa shape index (κ3) is 7.56. The Bertz CT molecular complexity index is 674. The molecule has 0 radical (unpaired) electrons. The molecule has 0 aliphatic carbocycles. The van der Waals surface area contributed by atoms with Crippen molar-refractivity contribution in [2.45, 2.75) is 38.8 Å². The first-order valence-corrected chi connectivity index (χ1v) is 8.97. The highest BCUT2D eigenvalue weighted by atomic mass is 35.5. The topological polar surface area (TPSA) is 76.5 Å². The van der Waals surface area contributed by atoms with Crippen LogP contribution in [-0.2, 0) is 6.42 Å². The average molecular weight is 380 g/mol. The van der Waals surface area contributed by atoms with Gasteiger partial charge in [0.1, 0.15) is 18.5 Å². The maximum atomic E-state index is 10.1. The van der Waals surface area contributed by atoms with E-state index < -0.39 is 6.10 Å². The molecule has 1 atom stereocenters. The number of para-hydroxylation sites is 1. The van der Waals surface area contributed by atoms with Gasteiger partial charge in [0, 0.05) is 24.6 Å². The van der Waals surface area contributed by atoms with E-state index in [4.69, 9.17) is 21.1 Å². The Balaban J connectivity index is 1.82. The number of rotatable bonds is 9. The van der Waals surface area contributed by atoms with Crippen molar-refractivity contribution in [2.24, 2.45) is 0 Å². The second-order valence-corrected chi connectivity index (χ2v) is 7.38. The van der Waals surface area contributed by atoms with Crippen LogP contribution in [0.4, 0.5) is 0 Å². The molecule has 1 aromatic carbocycles. The van der Waals surface area contributed by atoms with Crippen LogP contribution in [0.25, 0.3) is 0 Å². The molecule has 0 fully saturated rings. The van der Waals surface area contributed by atoms with Crippen LogP contribution in [0.2, 0.25) is 5.15 Å². The van der Waals surface area contributed by atoms with Gasteiger partial charge in [-0.15, -0.1) is 10.2 Å². The Kier molecular flexibility index (Phi) is 7.63. The van der Waals surface area contributed by atoms with Crippen LogP contribution >= 0.6 is 11.6 Å². The van der Waals surface area contributed by atoms with Gasteiger partial charge in [-0.25, -0.2) is 0 Å². The summed E-state index contributed by atoms with van der Waals surface area (Å²) in [6.45, 7) is 7.31. The molecule has 6 nitrogen and oxygen atoms in total. The summed E-state index contributed by atoms with van der Waals surface area (Å²) in [5.74, 6) is 1.17. The number of hydrogen-bond acceptors (Lipinski definition) is 6. The van der Waals surface area contributed by atoms with Crippen molar-refractivity contribution in [3.05, 3.63) is 47.1 Å². The monoisotopic (exact) mass is 379 g/mol. The SMILES string of the molecule is CC(C)(C)NCC(O)COc1ccccc1CCOc1ccc(Cl)nn1. The summed E-state index contributed by atoms with van der Waals surface area (Å²) in [6.07, 6.45) is 0.0689. The first-order chi connectivity index (χ1) is 12.3. The third-order valence-corrected chi connectivity index (χ3v) is 3.70. The molecule has 2 aromatic rings. The Labute approximate surface area is 159 Å². The predicted molar refractivity (Wildman–Crippen MR) is 102 cm³/mol. The molecular formula is C19H26ClN3O3. The third-order valence-electron chi connectivity index (χ3n) is 3.50. The molecule has 2 N–H and O–H groups in total. The van der Waals surface area contributed by atoms with Crippen molar-refractivity contribution in [3.63, 3.8) is 0 Å². The normalized spacial score (nSPS) is 12.7. The van der Waals surface area contributed by atoms with Gasteiger partial charge < -0.3 is 19.9 Å². The molecule has 0 saturated heterocycles. The van der Waals surface area contributed by atoms with Crippen molar-refractivity contribution < 1.29 is 14.6 Å². The van der Waals surface area contributed by atoms with E-state index in [1.54, 1.807) is 12.1 Å². The minimum absolute atomic E-state index is 0.0409.